The molecule has 0 bridgehead atoms. The normalized spacial score (nSPS) is 10.8. The molecule has 1 aromatic heterocycles. The quantitative estimate of drug-likeness (QED) is 0.748. The number of hydrogen-bond donors (Lipinski definition) is 2. The van der Waals surface area contributed by atoms with E-state index in [1.165, 1.54) is 30.6 Å². The molecular formula is C18H16FNO3S. The fourth-order valence-corrected chi connectivity index (χ4v) is 3.66. The molecule has 4 nitrogen and oxygen atoms in total. The number of halogens is 1. The van der Waals surface area contributed by atoms with Crippen LogP contribution in [0.25, 0.3) is 10.1 Å². The third-order valence-electron chi connectivity index (χ3n) is 3.81. The van der Waals surface area contributed by atoms with Crippen molar-refractivity contribution in [3.8, 4) is 5.75 Å². The van der Waals surface area contributed by atoms with E-state index in [9.17, 15) is 14.3 Å². The Kier molecular flexibility index (Phi) is 4.51. The van der Waals surface area contributed by atoms with E-state index in [0.29, 0.717) is 21.9 Å². The molecule has 0 radical (unpaired) electrons. The molecule has 0 saturated carbocycles. The molecule has 1 heterocycles. The van der Waals surface area contributed by atoms with E-state index in [1.807, 2.05) is 0 Å². The largest absolute Gasteiger partial charge is 0.496 e. The van der Waals surface area contributed by atoms with Crippen molar-refractivity contribution in [3.05, 3.63) is 58.2 Å². The SMILES string of the molecule is COc1ccc(NC(=O)c2sc3ccc(F)cc3c2C)cc1CO. The highest BCUT2D eigenvalue weighted by atomic mass is 32.1. The summed E-state index contributed by atoms with van der Waals surface area (Å²) in [7, 11) is 1.52. The van der Waals surface area contributed by atoms with Gasteiger partial charge < -0.3 is 15.2 Å². The van der Waals surface area contributed by atoms with Crippen molar-refractivity contribution >= 4 is 33.0 Å². The van der Waals surface area contributed by atoms with Gasteiger partial charge in [0.15, 0.2) is 0 Å². The summed E-state index contributed by atoms with van der Waals surface area (Å²) in [6, 6.07) is 9.56. The molecular weight excluding hydrogens is 329 g/mol. The Hall–Kier alpha value is -2.44. The van der Waals surface area contributed by atoms with Crippen molar-refractivity contribution < 1.29 is 19.0 Å². The molecule has 6 heteroatoms. The molecule has 0 fully saturated rings. The predicted octanol–water partition coefficient (Wildman–Crippen LogP) is 4.10. The number of methoxy groups -OCH3 is 1. The Balaban J connectivity index is 1.91. The van der Waals surface area contributed by atoms with E-state index >= 15 is 0 Å². The zero-order valence-corrected chi connectivity index (χ0v) is 14.0. The summed E-state index contributed by atoms with van der Waals surface area (Å²) >= 11 is 1.32. The lowest BCUT2D eigenvalue weighted by molar-refractivity contribution is 0.103. The molecule has 0 spiro atoms. The minimum Gasteiger partial charge on any atom is -0.496 e. The summed E-state index contributed by atoms with van der Waals surface area (Å²) in [6.07, 6.45) is 0. The number of carbonyl (C=O) groups excluding carboxylic acids is 1. The number of aliphatic hydroxyl groups is 1. The highest BCUT2D eigenvalue weighted by Crippen LogP contribution is 2.32. The molecule has 3 rings (SSSR count). The third kappa shape index (κ3) is 2.98. The van der Waals surface area contributed by atoms with Crippen LogP contribution in [0.5, 0.6) is 5.75 Å². The van der Waals surface area contributed by atoms with Crippen LogP contribution in [0, 0.1) is 12.7 Å². The summed E-state index contributed by atoms with van der Waals surface area (Å²) in [4.78, 5) is 13.1. The molecule has 2 aromatic carbocycles. The van der Waals surface area contributed by atoms with Crippen LogP contribution in [-0.4, -0.2) is 18.1 Å². The van der Waals surface area contributed by atoms with E-state index in [-0.39, 0.29) is 18.3 Å². The van der Waals surface area contributed by atoms with Gasteiger partial charge in [-0.2, -0.15) is 0 Å². The van der Waals surface area contributed by atoms with Gasteiger partial charge in [-0.25, -0.2) is 4.39 Å². The predicted molar refractivity (Wildman–Crippen MR) is 93.4 cm³/mol. The third-order valence-corrected chi connectivity index (χ3v) is 5.08. The second-order valence-corrected chi connectivity index (χ2v) is 6.39. The maximum Gasteiger partial charge on any atom is 0.266 e. The van der Waals surface area contributed by atoms with Crippen molar-refractivity contribution in [1.29, 1.82) is 0 Å². The first-order valence-electron chi connectivity index (χ1n) is 7.31. The van der Waals surface area contributed by atoms with Gasteiger partial charge in [-0.05, 0) is 54.3 Å². The van der Waals surface area contributed by atoms with Crippen molar-refractivity contribution in [2.45, 2.75) is 13.5 Å². The van der Waals surface area contributed by atoms with Gasteiger partial charge >= 0.3 is 0 Å². The molecule has 0 saturated heterocycles. The molecule has 24 heavy (non-hydrogen) atoms. The van der Waals surface area contributed by atoms with E-state index in [0.717, 1.165) is 15.6 Å². The van der Waals surface area contributed by atoms with Gasteiger partial charge in [0.1, 0.15) is 11.6 Å². The van der Waals surface area contributed by atoms with Crippen molar-refractivity contribution in [2.24, 2.45) is 0 Å². The molecule has 1 amide bonds. The lowest BCUT2D eigenvalue weighted by Crippen LogP contribution is -2.11. The number of nitrogens with one attached hydrogen (secondary N) is 1. The van der Waals surface area contributed by atoms with Crippen LogP contribution < -0.4 is 10.1 Å². The monoisotopic (exact) mass is 345 g/mol. The van der Waals surface area contributed by atoms with Crippen LogP contribution in [0.15, 0.2) is 36.4 Å². The van der Waals surface area contributed by atoms with Crippen LogP contribution >= 0.6 is 11.3 Å². The van der Waals surface area contributed by atoms with Crippen molar-refractivity contribution in [2.75, 3.05) is 12.4 Å². The number of carbonyl (C=O) groups is 1. The van der Waals surface area contributed by atoms with E-state index in [2.05, 4.69) is 5.32 Å². The fourth-order valence-electron chi connectivity index (χ4n) is 2.58. The first-order chi connectivity index (χ1) is 11.5. The minimum absolute atomic E-state index is 0.186. The van der Waals surface area contributed by atoms with E-state index in [4.69, 9.17) is 4.74 Å². The van der Waals surface area contributed by atoms with Gasteiger partial charge in [-0.15, -0.1) is 11.3 Å². The van der Waals surface area contributed by atoms with E-state index in [1.54, 1.807) is 31.2 Å². The zero-order chi connectivity index (χ0) is 17.3. The number of benzene rings is 2. The Bertz CT molecular complexity index is 920. The second kappa shape index (κ2) is 6.59. The standard InChI is InChI=1S/C18H16FNO3S/c1-10-14-8-12(19)3-6-16(14)24-17(10)18(22)20-13-4-5-15(23-2)11(7-13)9-21/h3-8,21H,9H2,1-2H3,(H,20,22). The number of amides is 1. The van der Waals surface area contributed by atoms with E-state index < -0.39 is 0 Å². The lowest BCUT2D eigenvalue weighted by atomic mass is 10.1. The Morgan fingerprint density at radius 1 is 1.29 bits per heavy atom. The molecule has 2 N–H and O–H groups in total. The Morgan fingerprint density at radius 2 is 2.08 bits per heavy atom. The molecule has 3 aromatic rings. The van der Waals surface area contributed by atoms with Crippen molar-refractivity contribution in [3.63, 3.8) is 0 Å². The van der Waals surface area contributed by atoms with Crippen LogP contribution in [0.3, 0.4) is 0 Å². The summed E-state index contributed by atoms with van der Waals surface area (Å²) in [5.74, 6) is -0.0229. The summed E-state index contributed by atoms with van der Waals surface area (Å²) in [6.45, 7) is 1.62. The van der Waals surface area contributed by atoms with Gasteiger partial charge in [-0.3, -0.25) is 4.79 Å². The van der Waals surface area contributed by atoms with Crippen LogP contribution in [0.2, 0.25) is 0 Å². The first-order valence-corrected chi connectivity index (χ1v) is 8.13. The van der Waals surface area contributed by atoms with Gasteiger partial charge in [-0.1, -0.05) is 0 Å². The molecule has 0 unspecified atom stereocenters. The average Bonchev–Trinajstić information content (AvgIpc) is 2.91. The van der Waals surface area contributed by atoms with Gasteiger partial charge in [0.25, 0.3) is 5.91 Å². The summed E-state index contributed by atoms with van der Waals surface area (Å²) in [5.41, 5.74) is 1.90. The second-order valence-electron chi connectivity index (χ2n) is 5.34. The van der Waals surface area contributed by atoms with Crippen molar-refractivity contribution in [1.82, 2.24) is 0 Å². The molecule has 124 valence electrons. The number of aryl methyl sites for hydroxylation is 1. The van der Waals surface area contributed by atoms with Gasteiger partial charge in [0, 0.05) is 16.0 Å². The molecule has 0 aliphatic heterocycles. The van der Waals surface area contributed by atoms with Crippen LogP contribution in [0.1, 0.15) is 20.8 Å². The maximum atomic E-state index is 13.4. The summed E-state index contributed by atoms with van der Waals surface area (Å²) < 4.78 is 19.4. The highest BCUT2D eigenvalue weighted by Gasteiger charge is 2.16. The lowest BCUT2D eigenvalue weighted by Gasteiger charge is -2.10. The maximum absolute atomic E-state index is 13.4. The average molecular weight is 345 g/mol. The number of thiophene rings is 1. The number of rotatable bonds is 4. The number of aliphatic hydroxyl groups excluding tert-OH is 1. The zero-order valence-electron chi connectivity index (χ0n) is 13.2. The minimum atomic E-state index is -0.321. The van der Waals surface area contributed by atoms with Gasteiger partial charge in [0.05, 0.1) is 18.6 Å². The molecule has 0 aliphatic rings. The summed E-state index contributed by atoms with van der Waals surface area (Å²) in [5, 5.41) is 12.9. The highest BCUT2D eigenvalue weighted by molar-refractivity contribution is 7.21. The smallest absolute Gasteiger partial charge is 0.266 e. The molecule has 0 atom stereocenters. The van der Waals surface area contributed by atoms with Crippen LogP contribution in [0.4, 0.5) is 10.1 Å². The first kappa shape index (κ1) is 16.4. The number of fused-ring (bicyclic) bond motifs is 1. The molecule has 0 aliphatic carbocycles. The van der Waals surface area contributed by atoms with Gasteiger partial charge in [0.2, 0.25) is 0 Å². The van der Waals surface area contributed by atoms with Crippen LogP contribution in [-0.2, 0) is 6.61 Å². The Labute approximate surface area is 142 Å². The fraction of sp³-hybridized carbons (Fsp3) is 0.167. The number of hydrogen-bond acceptors (Lipinski definition) is 4. The Morgan fingerprint density at radius 3 is 2.79 bits per heavy atom. The number of ether oxygens (including phenoxy) is 1. The number of anilines is 1. The topological polar surface area (TPSA) is 58.6 Å².